The molecule has 0 spiro atoms. The van der Waals surface area contributed by atoms with Crippen molar-refractivity contribution in [3.8, 4) is 0 Å². The quantitative estimate of drug-likeness (QED) is 0.612. The Morgan fingerprint density at radius 1 is 1.42 bits per heavy atom. The second-order valence-corrected chi connectivity index (χ2v) is 5.84. The molecule has 0 aromatic heterocycles. The Balaban J connectivity index is 3.22. The number of hydrogen-bond acceptors (Lipinski definition) is 3. The van der Waals surface area contributed by atoms with Crippen LogP contribution in [0.15, 0.2) is 23.1 Å². The van der Waals surface area contributed by atoms with Gasteiger partial charge in [0.05, 0.1) is 6.54 Å². The van der Waals surface area contributed by atoms with Crippen molar-refractivity contribution in [2.24, 2.45) is 5.73 Å². The SMILES string of the molecule is CCCN(CC(=N)N)S(=O)(=O)c1ccc(F)cc1F. The topological polar surface area (TPSA) is 87.2 Å². The molecule has 0 aliphatic carbocycles. The van der Waals surface area contributed by atoms with Gasteiger partial charge in [-0.1, -0.05) is 6.92 Å². The van der Waals surface area contributed by atoms with Crippen LogP contribution >= 0.6 is 0 Å². The molecule has 8 heteroatoms. The number of halogens is 2. The predicted molar refractivity (Wildman–Crippen MR) is 67.3 cm³/mol. The molecule has 1 aromatic carbocycles. The van der Waals surface area contributed by atoms with Gasteiger partial charge < -0.3 is 5.73 Å². The first-order valence-corrected chi connectivity index (χ1v) is 7.01. The first-order valence-electron chi connectivity index (χ1n) is 5.57. The Labute approximate surface area is 110 Å². The van der Waals surface area contributed by atoms with Crippen molar-refractivity contribution in [1.82, 2.24) is 4.31 Å². The molecule has 0 fully saturated rings. The predicted octanol–water partition coefficient (Wildman–Crippen LogP) is 1.30. The third kappa shape index (κ3) is 3.71. The highest BCUT2D eigenvalue weighted by Gasteiger charge is 2.27. The maximum Gasteiger partial charge on any atom is 0.246 e. The van der Waals surface area contributed by atoms with Crippen molar-refractivity contribution in [2.45, 2.75) is 18.2 Å². The largest absolute Gasteiger partial charge is 0.387 e. The Morgan fingerprint density at radius 3 is 2.53 bits per heavy atom. The standard InChI is InChI=1S/C11H15F2N3O2S/c1-2-5-16(7-11(14)15)19(17,18)10-4-3-8(12)6-9(10)13/h3-4,6H,2,5,7H2,1H3,(H3,14,15). The van der Waals surface area contributed by atoms with Crippen LogP contribution in [0.4, 0.5) is 8.78 Å². The first kappa shape index (κ1) is 15.5. The highest BCUT2D eigenvalue weighted by Crippen LogP contribution is 2.20. The molecule has 0 amide bonds. The minimum Gasteiger partial charge on any atom is -0.387 e. The van der Waals surface area contributed by atoms with E-state index in [0.29, 0.717) is 12.5 Å². The molecule has 0 heterocycles. The number of nitrogens with two attached hydrogens (primary N) is 1. The first-order chi connectivity index (χ1) is 8.78. The molecule has 1 rings (SSSR count). The number of nitrogens with one attached hydrogen (secondary N) is 1. The molecule has 106 valence electrons. The fourth-order valence-electron chi connectivity index (χ4n) is 1.55. The number of rotatable bonds is 6. The fourth-order valence-corrected chi connectivity index (χ4v) is 3.10. The Hall–Kier alpha value is -1.54. The van der Waals surface area contributed by atoms with E-state index in [2.05, 4.69) is 0 Å². The lowest BCUT2D eigenvalue weighted by molar-refractivity contribution is 0.441. The number of nitrogens with zero attached hydrogens (tertiary/aromatic N) is 1. The van der Waals surface area contributed by atoms with Gasteiger partial charge in [-0.3, -0.25) is 5.41 Å². The molecule has 0 unspecified atom stereocenters. The lowest BCUT2D eigenvalue weighted by Gasteiger charge is -2.21. The van der Waals surface area contributed by atoms with E-state index in [0.717, 1.165) is 16.4 Å². The maximum atomic E-state index is 13.6. The summed E-state index contributed by atoms with van der Waals surface area (Å²) in [6, 6.07) is 2.24. The van der Waals surface area contributed by atoms with Crippen molar-refractivity contribution in [2.75, 3.05) is 13.1 Å². The minimum absolute atomic E-state index is 0.0960. The monoisotopic (exact) mass is 291 g/mol. The summed E-state index contributed by atoms with van der Waals surface area (Å²) in [6.45, 7) is 1.51. The summed E-state index contributed by atoms with van der Waals surface area (Å²) in [6.07, 6.45) is 0.481. The van der Waals surface area contributed by atoms with Gasteiger partial charge in [0.15, 0.2) is 0 Å². The van der Waals surface area contributed by atoms with Crippen molar-refractivity contribution >= 4 is 15.9 Å². The Kier molecular flexibility index (Phi) is 4.96. The Bertz CT molecular complexity index is 575. The van der Waals surface area contributed by atoms with E-state index in [-0.39, 0.29) is 18.9 Å². The molecule has 0 saturated carbocycles. The van der Waals surface area contributed by atoms with Gasteiger partial charge in [0.1, 0.15) is 22.4 Å². The van der Waals surface area contributed by atoms with Crippen molar-refractivity contribution < 1.29 is 17.2 Å². The summed E-state index contributed by atoms with van der Waals surface area (Å²) in [4.78, 5) is -0.622. The highest BCUT2D eigenvalue weighted by atomic mass is 32.2. The third-order valence-electron chi connectivity index (χ3n) is 2.33. The molecule has 0 radical (unpaired) electrons. The number of hydrogen-bond donors (Lipinski definition) is 2. The lowest BCUT2D eigenvalue weighted by Crippen LogP contribution is -2.39. The molecule has 3 N–H and O–H groups in total. The lowest BCUT2D eigenvalue weighted by atomic mass is 10.3. The molecule has 0 aliphatic rings. The van der Waals surface area contributed by atoms with Gasteiger partial charge in [0.2, 0.25) is 10.0 Å². The molecule has 0 saturated heterocycles. The van der Waals surface area contributed by atoms with E-state index in [4.69, 9.17) is 11.1 Å². The van der Waals surface area contributed by atoms with Crippen LogP contribution in [0.2, 0.25) is 0 Å². The summed E-state index contributed by atoms with van der Waals surface area (Å²) < 4.78 is 51.6. The molecule has 19 heavy (non-hydrogen) atoms. The zero-order chi connectivity index (χ0) is 14.6. The van der Waals surface area contributed by atoms with Crippen LogP contribution in [-0.2, 0) is 10.0 Å². The molecular formula is C11H15F2N3O2S. The smallest absolute Gasteiger partial charge is 0.246 e. The van der Waals surface area contributed by atoms with Crippen LogP contribution in [0, 0.1) is 17.0 Å². The second kappa shape index (κ2) is 6.07. The van der Waals surface area contributed by atoms with Crippen LogP contribution in [0.5, 0.6) is 0 Å². The average Bonchev–Trinajstić information content (AvgIpc) is 2.27. The van der Waals surface area contributed by atoms with Crippen molar-refractivity contribution in [3.63, 3.8) is 0 Å². The number of benzene rings is 1. The van der Waals surface area contributed by atoms with Gasteiger partial charge in [0, 0.05) is 12.6 Å². The van der Waals surface area contributed by atoms with Gasteiger partial charge in [-0.25, -0.2) is 17.2 Å². The van der Waals surface area contributed by atoms with Crippen LogP contribution in [-0.4, -0.2) is 31.6 Å². The molecule has 0 aliphatic heterocycles. The molecule has 1 aromatic rings. The summed E-state index contributed by atoms with van der Waals surface area (Å²) >= 11 is 0. The van der Waals surface area contributed by atoms with Gasteiger partial charge in [-0.05, 0) is 18.6 Å². The summed E-state index contributed by atoms with van der Waals surface area (Å²) in [5.41, 5.74) is 5.18. The van der Waals surface area contributed by atoms with E-state index < -0.39 is 26.6 Å². The number of amidine groups is 1. The third-order valence-corrected chi connectivity index (χ3v) is 4.21. The summed E-state index contributed by atoms with van der Waals surface area (Å²) in [5.74, 6) is -2.37. The van der Waals surface area contributed by atoms with Gasteiger partial charge >= 0.3 is 0 Å². The van der Waals surface area contributed by atoms with Crippen molar-refractivity contribution in [3.05, 3.63) is 29.8 Å². The van der Waals surface area contributed by atoms with Gasteiger partial charge in [-0.2, -0.15) is 4.31 Å². The maximum absolute atomic E-state index is 13.6. The van der Waals surface area contributed by atoms with E-state index >= 15 is 0 Å². The van der Waals surface area contributed by atoms with Gasteiger partial charge in [-0.15, -0.1) is 0 Å². The second-order valence-electron chi connectivity index (χ2n) is 3.94. The van der Waals surface area contributed by atoms with E-state index in [1.54, 1.807) is 6.92 Å². The van der Waals surface area contributed by atoms with E-state index in [9.17, 15) is 17.2 Å². The van der Waals surface area contributed by atoms with Crippen LogP contribution in [0.3, 0.4) is 0 Å². The van der Waals surface area contributed by atoms with Crippen LogP contribution < -0.4 is 5.73 Å². The van der Waals surface area contributed by atoms with Gasteiger partial charge in [0.25, 0.3) is 0 Å². The number of sulfonamides is 1. The zero-order valence-electron chi connectivity index (χ0n) is 10.4. The molecule has 0 bridgehead atoms. The fraction of sp³-hybridized carbons (Fsp3) is 0.364. The molecular weight excluding hydrogens is 276 g/mol. The van der Waals surface area contributed by atoms with Crippen molar-refractivity contribution in [1.29, 1.82) is 5.41 Å². The summed E-state index contributed by atoms with van der Waals surface area (Å²) in [5, 5.41) is 7.15. The molecule has 5 nitrogen and oxygen atoms in total. The Morgan fingerprint density at radius 2 is 2.05 bits per heavy atom. The average molecular weight is 291 g/mol. The van der Waals surface area contributed by atoms with E-state index in [1.165, 1.54) is 0 Å². The minimum atomic E-state index is -4.13. The highest BCUT2D eigenvalue weighted by molar-refractivity contribution is 7.89. The van der Waals surface area contributed by atoms with Crippen LogP contribution in [0.1, 0.15) is 13.3 Å². The normalized spacial score (nSPS) is 11.8. The van der Waals surface area contributed by atoms with Crippen LogP contribution in [0.25, 0.3) is 0 Å². The van der Waals surface area contributed by atoms with E-state index in [1.807, 2.05) is 0 Å². The summed E-state index contributed by atoms with van der Waals surface area (Å²) in [7, 11) is -4.13. The zero-order valence-corrected chi connectivity index (χ0v) is 11.2. The molecule has 0 atom stereocenters.